The molecule has 1 aliphatic heterocycles. The van der Waals surface area contributed by atoms with E-state index in [1.165, 1.54) is 6.26 Å². The van der Waals surface area contributed by atoms with Crippen LogP contribution in [0.15, 0.2) is 16.7 Å². The van der Waals surface area contributed by atoms with Crippen molar-refractivity contribution in [3.63, 3.8) is 0 Å². The maximum atomic E-state index is 11.5. The summed E-state index contributed by atoms with van der Waals surface area (Å²) in [5, 5.41) is 0. The van der Waals surface area contributed by atoms with Gasteiger partial charge in [0.2, 0.25) is 0 Å². The third-order valence-electron chi connectivity index (χ3n) is 2.81. The van der Waals surface area contributed by atoms with E-state index in [-0.39, 0.29) is 12.0 Å². The highest BCUT2D eigenvalue weighted by atomic mass is 16.5. The Hall–Kier alpha value is -1.37. The smallest absolute Gasteiger partial charge is 0.268 e. The molecule has 94 valence electrons. The average Bonchev–Trinajstić information content (AvgIpc) is 2.76. The number of morpholine rings is 1. The van der Waals surface area contributed by atoms with Crippen LogP contribution in [0.4, 0.5) is 0 Å². The molecule has 1 amide bonds. The van der Waals surface area contributed by atoms with Crippen molar-refractivity contribution in [1.82, 2.24) is 10.3 Å². The van der Waals surface area contributed by atoms with E-state index in [2.05, 4.69) is 10.3 Å². The Balaban J connectivity index is 2.03. The Bertz CT molecular complexity index is 391. The van der Waals surface area contributed by atoms with Gasteiger partial charge in [0, 0.05) is 13.1 Å². The Kier molecular flexibility index (Phi) is 3.78. The zero-order chi connectivity index (χ0) is 12.3. The van der Waals surface area contributed by atoms with E-state index in [9.17, 15) is 4.79 Å². The molecule has 2 heterocycles. The summed E-state index contributed by atoms with van der Waals surface area (Å²) < 4.78 is 10.8. The Morgan fingerprint density at radius 3 is 3.24 bits per heavy atom. The third kappa shape index (κ3) is 2.85. The van der Waals surface area contributed by atoms with Gasteiger partial charge in [0.25, 0.3) is 5.91 Å². The molecule has 1 aliphatic rings. The fourth-order valence-corrected chi connectivity index (χ4v) is 1.98. The van der Waals surface area contributed by atoms with Gasteiger partial charge in [-0.3, -0.25) is 15.1 Å². The van der Waals surface area contributed by atoms with Crippen molar-refractivity contribution in [2.45, 2.75) is 19.6 Å². The van der Waals surface area contributed by atoms with Crippen molar-refractivity contribution < 1.29 is 13.9 Å². The number of nitrogen functional groups attached to an aromatic ring is 1. The molecular formula is C11H17N3O3. The summed E-state index contributed by atoms with van der Waals surface area (Å²) in [6, 6.07) is 1.63. The monoisotopic (exact) mass is 239 g/mol. The van der Waals surface area contributed by atoms with E-state index in [0.29, 0.717) is 24.5 Å². The lowest BCUT2D eigenvalue weighted by Crippen LogP contribution is -2.40. The molecule has 1 saturated heterocycles. The van der Waals surface area contributed by atoms with Crippen LogP contribution in [0.5, 0.6) is 0 Å². The van der Waals surface area contributed by atoms with Gasteiger partial charge in [-0.1, -0.05) is 0 Å². The summed E-state index contributed by atoms with van der Waals surface area (Å²) in [4.78, 5) is 13.7. The van der Waals surface area contributed by atoms with E-state index in [0.717, 1.165) is 13.1 Å². The van der Waals surface area contributed by atoms with Gasteiger partial charge in [-0.05, 0) is 13.0 Å². The molecule has 0 aromatic carbocycles. The zero-order valence-electron chi connectivity index (χ0n) is 9.81. The van der Waals surface area contributed by atoms with E-state index in [1.807, 2.05) is 6.92 Å². The van der Waals surface area contributed by atoms with E-state index in [1.54, 1.807) is 6.07 Å². The number of hydrazine groups is 1. The number of carbonyl (C=O) groups is 1. The molecule has 1 unspecified atom stereocenters. The fraction of sp³-hybridized carbons (Fsp3) is 0.545. The highest BCUT2D eigenvalue weighted by Gasteiger charge is 2.21. The second kappa shape index (κ2) is 5.31. The van der Waals surface area contributed by atoms with Crippen LogP contribution in [-0.4, -0.2) is 36.6 Å². The Morgan fingerprint density at radius 1 is 1.71 bits per heavy atom. The topological polar surface area (TPSA) is 80.7 Å². The minimum Gasteiger partial charge on any atom is -0.467 e. The molecule has 0 radical (unpaired) electrons. The highest BCUT2D eigenvalue weighted by Crippen LogP contribution is 2.15. The lowest BCUT2D eigenvalue weighted by Gasteiger charge is -2.30. The Morgan fingerprint density at radius 2 is 2.53 bits per heavy atom. The Labute approximate surface area is 99.7 Å². The van der Waals surface area contributed by atoms with Crippen LogP contribution in [0.2, 0.25) is 0 Å². The molecule has 0 saturated carbocycles. The second-order valence-electron chi connectivity index (χ2n) is 4.15. The van der Waals surface area contributed by atoms with Gasteiger partial charge in [-0.15, -0.1) is 0 Å². The normalized spacial score (nSPS) is 21.4. The first-order valence-corrected chi connectivity index (χ1v) is 5.62. The number of hydrogen-bond donors (Lipinski definition) is 2. The number of furan rings is 1. The molecule has 3 N–H and O–H groups in total. The average molecular weight is 239 g/mol. The summed E-state index contributed by atoms with van der Waals surface area (Å²) in [5.74, 6) is 5.43. The van der Waals surface area contributed by atoms with Crippen LogP contribution in [0.1, 0.15) is 23.0 Å². The minimum absolute atomic E-state index is 0.213. The molecule has 2 rings (SSSR count). The zero-order valence-corrected chi connectivity index (χ0v) is 9.81. The number of ether oxygens (including phenoxy) is 1. The first kappa shape index (κ1) is 12.1. The van der Waals surface area contributed by atoms with Crippen molar-refractivity contribution in [3.05, 3.63) is 23.7 Å². The number of hydrogen-bond acceptors (Lipinski definition) is 5. The van der Waals surface area contributed by atoms with Crippen molar-refractivity contribution in [3.8, 4) is 0 Å². The molecule has 1 atom stereocenters. The van der Waals surface area contributed by atoms with Gasteiger partial charge in [-0.25, -0.2) is 5.84 Å². The number of amides is 1. The predicted molar refractivity (Wildman–Crippen MR) is 61.1 cm³/mol. The quantitative estimate of drug-likeness (QED) is 0.444. The maximum absolute atomic E-state index is 11.5. The molecule has 6 heteroatoms. The molecule has 17 heavy (non-hydrogen) atoms. The molecule has 6 nitrogen and oxygen atoms in total. The van der Waals surface area contributed by atoms with Crippen molar-refractivity contribution in [2.75, 3.05) is 19.7 Å². The molecule has 0 bridgehead atoms. The van der Waals surface area contributed by atoms with Gasteiger partial charge in [0.05, 0.1) is 31.1 Å². The number of nitrogens with one attached hydrogen (secondary N) is 1. The lowest BCUT2D eigenvalue weighted by molar-refractivity contribution is -0.0231. The van der Waals surface area contributed by atoms with Crippen LogP contribution >= 0.6 is 0 Å². The summed E-state index contributed by atoms with van der Waals surface area (Å²) in [6.07, 6.45) is 1.72. The van der Waals surface area contributed by atoms with Crippen LogP contribution in [0.3, 0.4) is 0 Å². The highest BCUT2D eigenvalue weighted by molar-refractivity contribution is 5.94. The summed E-state index contributed by atoms with van der Waals surface area (Å²) >= 11 is 0. The molecule has 1 fully saturated rings. The fourth-order valence-electron chi connectivity index (χ4n) is 1.98. The minimum atomic E-state index is -0.324. The van der Waals surface area contributed by atoms with Crippen molar-refractivity contribution >= 4 is 5.91 Å². The molecule has 0 spiro atoms. The molecule has 0 aliphatic carbocycles. The van der Waals surface area contributed by atoms with E-state index in [4.69, 9.17) is 15.0 Å². The van der Waals surface area contributed by atoms with E-state index >= 15 is 0 Å². The van der Waals surface area contributed by atoms with Crippen molar-refractivity contribution in [1.29, 1.82) is 0 Å². The number of rotatable bonds is 3. The van der Waals surface area contributed by atoms with Crippen LogP contribution < -0.4 is 11.3 Å². The summed E-state index contributed by atoms with van der Waals surface area (Å²) in [7, 11) is 0. The predicted octanol–water partition coefficient (Wildman–Crippen LogP) is 0.104. The summed E-state index contributed by atoms with van der Waals surface area (Å²) in [6.45, 7) is 5.02. The molecule has 1 aromatic heterocycles. The van der Waals surface area contributed by atoms with Crippen LogP contribution in [-0.2, 0) is 11.3 Å². The lowest BCUT2D eigenvalue weighted by atomic mass is 10.2. The molecule has 1 aromatic rings. The van der Waals surface area contributed by atoms with Gasteiger partial charge >= 0.3 is 0 Å². The standard InChI is InChI=1S/C11H17N3O3/c1-8-6-14(3-5-16-8)7-10-9(2-4-17-10)11(15)13-12/h2,4,8H,3,5-7,12H2,1H3,(H,13,15). The van der Waals surface area contributed by atoms with Gasteiger partial charge in [0.1, 0.15) is 5.76 Å². The number of nitrogens with two attached hydrogens (primary N) is 1. The largest absolute Gasteiger partial charge is 0.467 e. The number of nitrogens with zero attached hydrogens (tertiary/aromatic N) is 1. The molecular weight excluding hydrogens is 222 g/mol. The van der Waals surface area contributed by atoms with Gasteiger partial charge in [-0.2, -0.15) is 0 Å². The van der Waals surface area contributed by atoms with Gasteiger partial charge in [0.15, 0.2) is 0 Å². The SMILES string of the molecule is CC1CN(Cc2occc2C(=O)NN)CCO1. The van der Waals surface area contributed by atoms with Crippen molar-refractivity contribution in [2.24, 2.45) is 5.84 Å². The third-order valence-corrected chi connectivity index (χ3v) is 2.81. The first-order chi connectivity index (χ1) is 8.20. The number of carbonyl (C=O) groups excluding carboxylic acids is 1. The first-order valence-electron chi connectivity index (χ1n) is 5.62. The summed E-state index contributed by atoms with van der Waals surface area (Å²) in [5.41, 5.74) is 2.60. The second-order valence-corrected chi connectivity index (χ2v) is 4.15. The maximum Gasteiger partial charge on any atom is 0.268 e. The van der Waals surface area contributed by atoms with Crippen LogP contribution in [0.25, 0.3) is 0 Å². The van der Waals surface area contributed by atoms with Crippen LogP contribution in [0, 0.1) is 0 Å². The van der Waals surface area contributed by atoms with E-state index < -0.39 is 0 Å². The van der Waals surface area contributed by atoms with Gasteiger partial charge < -0.3 is 9.15 Å².